The first-order valence-corrected chi connectivity index (χ1v) is 6.81. The maximum absolute atomic E-state index is 6.20. The maximum atomic E-state index is 6.20. The minimum Gasteiger partial charge on any atom is -0.398 e. The Morgan fingerprint density at radius 3 is 2.39 bits per heavy atom. The number of nitrogens with one attached hydrogen (secondary N) is 1. The SMILES string of the molecule is Cc1[nH]c2c(C(C)C)ccc(N)c2c1CC(C)C. The van der Waals surface area contributed by atoms with E-state index in [9.17, 15) is 0 Å². The van der Waals surface area contributed by atoms with E-state index in [1.807, 2.05) is 0 Å². The number of nitrogens with two attached hydrogens (primary N) is 1. The van der Waals surface area contributed by atoms with Crippen LogP contribution in [0.15, 0.2) is 12.1 Å². The van der Waals surface area contributed by atoms with Crippen LogP contribution in [0.1, 0.15) is 50.4 Å². The second kappa shape index (κ2) is 4.68. The van der Waals surface area contributed by atoms with Crippen LogP contribution in [0, 0.1) is 12.8 Å². The first-order valence-electron chi connectivity index (χ1n) is 6.81. The second-order valence-corrected chi connectivity index (χ2v) is 5.98. The molecule has 18 heavy (non-hydrogen) atoms. The fraction of sp³-hybridized carbons (Fsp3) is 0.500. The van der Waals surface area contributed by atoms with E-state index in [1.54, 1.807) is 0 Å². The summed E-state index contributed by atoms with van der Waals surface area (Å²) >= 11 is 0. The van der Waals surface area contributed by atoms with E-state index in [2.05, 4.69) is 51.7 Å². The highest BCUT2D eigenvalue weighted by Gasteiger charge is 2.16. The van der Waals surface area contributed by atoms with Crippen molar-refractivity contribution in [2.45, 2.75) is 47.0 Å². The Kier molecular flexibility index (Phi) is 3.38. The molecule has 0 amide bonds. The van der Waals surface area contributed by atoms with Gasteiger partial charge in [-0.3, -0.25) is 0 Å². The Hall–Kier alpha value is -1.44. The molecule has 1 aromatic heterocycles. The van der Waals surface area contributed by atoms with Gasteiger partial charge in [-0.25, -0.2) is 0 Å². The van der Waals surface area contributed by atoms with Gasteiger partial charge in [-0.1, -0.05) is 33.8 Å². The largest absolute Gasteiger partial charge is 0.398 e. The lowest BCUT2D eigenvalue weighted by atomic mass is 9.95. The van der Waals surface area contributed by atoms with Crippen molar-refractivity contribution in [3.05, 3.63) is 29.0 Å². The number of hydrogen-bond acceptors (Lipinski definition) is 1. The van der Waals surface area contributed by atoms with Crippen LogP contribution in [0.25, 0.3) is 10.9 Å². The van der Waals surface area contributed by atoms with Crippen molar-refractivity contribution in [1.29, 1.82) is 0 Å². The lowest BCUT2D eigenvalue weighted by molar-refractivity contribution is 0.647. The number of anilines is 1. The topological polar surface area (TPSA) is 41.8 Å². The third kappa shape index (κ3) is 2.12. The molecule has 2 aromatic rings. The number of rotatable bonds is 3. The quantitative estimate of drug-likeness (QED) is 0.773. The van der Waals surface area contributed by atoms with E-state index in [0.717, 1.165) is 12.1 Å². The van der Waals surface area contributed by atoms with Crippen molar-refractivity contribution in [3.8, 4) is 0 Å². The van der Waals surface area contributed by atoms with Crippen molar-refractivity contribution in [2.75, 3.05) is 5.73 Å². The van der Waals surface area contributed by atoms with Gasteiger partial charge in [-0.15, -0.1) is 0 Å². The van der Waals surface area contributed by atoms with Crippen molar-refractivity contribution >= 4 is 16.6 Å². The van der Waals surface area contributed by atoms with Gasteiger partial charge >= 0.3 is 0 Å². The molecule has 0 saturated heterocycles. The summed E-state index contributed by atoms with van der Waals surface area (Å²) in [4.78, 5) is 3.54. The van der Waals surface area contributed by atoms with Gasteiger partial charge in [0, 0.05) is 16.8 Å². The molecular formula is C16H24N2. The lowest BCUT2D eigenvalue weighted by Gasteiger charge is -2.10. The van der Waals surface area contributed by atoms with E-state index in [1.165, 1.54) is 27.7 Å². The average Bonchev–Trinajstić information content (AvgIpc) is 2.56. The first-order chi connectivity index (χ1) is 8.41. The van der Waals surface area contributed by atoms with Crippen molar-refractivity contribution < 1.29 is 0 Å². The molecule has 0 fully saturated rings. The minimum absolute atomic E-state index is 0.512. The first kappa shape index (κ1) is 13.0. The summed E-state index contributed by atoms with van der Waals surface area (Å²) in [6, 6.07) is 4.20. The zero-order chi connectivity index (χ0) is 13.4. The number of nitrogen functional groups attached to an aromatic ring is 1. The molecule has 1 heterocycles. The highest BCUT2D eigenvalue weighted by Crippen LogP contribution is 2.34. The van der Waals surface area contributed by atoms with Crippen molar-refractivity contribution in [3.63, 3.8) is 0 Å². The molecule has 0 aliphatic carbocycles. The molecule has 2 heteroatoms. The number of aryl methyl sites for hydroxylation is 1. The van der Waals surface area contributed by atoms with Crippen LogP contribution >= 0.6 is 0 Å². The summed E-state index contributed by atoms with van der Waals surface area (Å²) in [7, 11) is 0. The Morgan fingerprint density at radius 1 is 1.17 bits per heavy atom. The van der Waals surface area contributed by atoms with Gasteiger partial charge in [0.2, 0.25) is 0 Å². The third-order valence-electron chi connectivity index (χ3n) is 3.57. The fourth-order valence-corrected chi connectivity index (χ4v) is 2.69. The van der Waals surface area contributed by atoms with Crippen molar-refractivity contribution in [2.24, 2.45) is 5.92 Å². The maximum Gasteiger partial charge on any atom is 0.0514 e. The summed E-state index contributed by atoms with van der Waals surface area (Å²) in [5.41, 5.74) is 12.3. The molecule has 0 aliphatic rings. The zero-order valence-corrected chi connectivity index (χ0v) is 12.1. The highest BCUT2D eigenvalue weighted by atomic mass is 14.7. The molecule has 2 rings (SSSR count). The molecule has 3 N–H and O–H groups in total. The molecule has 0 spiro atoms. The Labute approximate surface area is 110 Å². The van der Waals surface area contributed by atoms with Gasteiger partial charge in [0.1, 0.15) is 0 Å². The van der Waals surface area contributed by atoms with Crippen LogP contribution < -0.4 is 5.73 Å². The van der Waals surface area contributed by atoms with Gasteiger partial charge in [0.05, 0.1) is 5.52 Å². The van der Waals surface area contributed by atoms with Gasteiger partial charge in [-0.2, -0.15) is 0 Å². The zero-order valence-electron chi connectivity index (χ0n) is 12.1. The Morgan fingerprint density at radius 2 is 1.83 bits per heavy atom. The third-order valence-corrected chi connectivity index (χ3v) is 3.57. The van der Waals surface area contributed by atoms with E-state index < -0.39 is 0 Å². The summed E-state index contributed by atoms with van der Waals surface area (Å²) in [5.74, 6) is 1.16. The van der Waals surface area contributed by atoms with Crippen LogP contribution in [0.4, 0.5) is 5.69 Å². The summed E-state index contributed by atoms with van der Waals surface area (Å²) in [6.45, 7) is 11.1. The van der Waals surface area contributed by atoms with Gasteiger partial charge in [0.25, 0.3) is 0 Å². The molecule has 1 aromatic carbocycles. The summed E-state index contributed by atoms with van der Waals surface area (Å²) in [6.07, 6.45) is 1.08. The number of H-pyrrole nitrogens is 1. The minimum atomic E-state index is 0.512. The Balaban J connectivity index is 2.73. The molecule has 2 nitrogen and oxygen atoms in total. The summed E-state index contributed by atoms with van der Waals surface area (Å²) in [5, 5.41) is 1.24. The summed E-state index contributed by atoms with van der Waals surface area (Å²) < 4.78 is 0. The molecule has 0 aliphatic heterocycles. The van der Waals surface area contributed by atoms with Crippen LogP contribution in [0.3, 0.4) is 0 Å². The monoisotopic (exact) mass is 244 g/mol. The molecule has 0 bridgehead atoms. The second-order valence-electron chi connectivity index (χ2n) is 5.98. The number of aromatic nitrogens is 1. The van der Waals surface area contributed by atoms with Gasteiger partial charge < -0.3 is 10.7 Å². The number of fused-ring (bicyclic) bond motifs is 1. The normalized spacial score (nSPS) is 11.9. The number of benzene rings is 1. The fourth-order valence-electron chi connectivity index (χ4n) is 2.69. The predicted octanol–water partition coefficient (Wildman–Crippen LogP) is 4.38. The van der Waals surface area contributed by atoms with E-state index >= 15 is 0 Å². The van der Waals surface area contributed by atoms with Crippen LogP contribution in [0.5, 0.6) is 0 Å². The smallest absolute Gasteiger partial charge is 0.0514 e. The van der Waals surface area contributed by atoms with E-state index in [-0.39, 0.29) is 0 Å². The Bertz CT molecular complexity index is 562. The standard InChI is InChI=1S/C16H24N2/c1-9(2)8-13-11(5)18-16-12(10(3)4)6-7-14(17)15(13)16/h6-7,9-10,18H,8,17H2,1-5H3. The molecule has 0 saturated carbocycles. The van der Waals surface area contributed by atoms with Crippen LogP contribution in [-0.4, -0.2) is 4.98 Å². The van der Waals surface area contributed by atoms with Crippen LogP contribution in [0.2, 0.25) is 0 Å². The molecule has 0 unspecified atom stereocenters. The highest BCUT2D eigenvalue weighted by molar-refractivity contribution is 5.97. The molecule has 98 valence electrons. The number of aromatic amines is 1. The lowest BCUT2D eigenvalue weighted by Crippen LogP contribution is -1.97. The average molecular weight is 244 g/mol. The molecule has 0 radical (unpaired) electrons. The van der Waals surface area contributed by atoms with Gasteiger partial charge in [-0.05, 0) is 42.4 Å². The van der Waals surface area contributed by atoms with E-state index in [4.69, 9.17) is 5.73 Å². The van der Waals surface area contributed by atoms with Crippen molar-refractivity contribution in [1.82, 2.24) is 4.98 Å². The predicted molar refractivity (Wildman–Crippen MR) is 80.1 cm³/mol. The molecule has 0 atom stereocenters. The van der Waals surface area contributed by atoms with Gasteiger partial charge in [0.15, 0.2) is 0 Å². The number of hydrogen-bond donors (Lipinski definition) is 2. The van der Waals surface area contributed by atoms with E-state index in [0.29, 0.717) is 11.8 Å². The van der Waals surface area contributed by atoms with Crippen LogP contribution in [-0.2, 0) is 6.42 Å². The molecular weight excluding hydrogens is 220 g/mol.